The van der Waals surface area contributed by atoms with E-state index < -0.39 is 0 Å². The molecule has 0 aliphatic heterocycles. The Morgan fingerprint density at radius 3 is 2.78 bits per heavy atom. The molecule has 94 valence electrons. The lowest BCUT2D eigenvalue weighted by atomic mass is 10.2. The molecule has 2 rings (SSSR count). The molecule has 0 atom stereocenters. The first kappa shape index (κ1) is 13.1. The predicted molar refractivity (Wildman–Crippen MR) is 81.6 cm³/mol. The average Bonchev–Trinajstić information content (AvgIpc) is 2.81. The number of hydrogen-bond acceptors (Lipinski definition) is 3. The monoisotopic (exact) mass is 323 g/mol. The van der Waals surface area contributed by atoms with Gasteiger partial charge in [-0.1, -0.05) is 0 Å². The van der Waals surface area contributed by atoms with Crippen LogP contribution in [0, 0.1) is 5.41 Å². The second kappa shape index (κ2) is 5.54. The maximum Gasteiger partial charge on any atom is 0.122 e. The van der Waals surface area contributed by atoms with Gasteiger partial charge in [-0.25, -0.2) is 0 Å². The van der Waals surface area contributed by atoms with E-state index in [2.05, 4.69) is 37.7 Å². The topological polar surface area (TPSA) is 53.1 Å². The molecule has 5 heteroatoms. The Balaban J connectivity index is 2.20. The summed E-state index contributed by atoms with van der Waals surface area (Å²) in [6, 6.07) is 7.85. The van der Waals surface area contributed by atoms with Crippen molar-refractivity contribution in [1.29, 1.82) is 5.41 Å². The minimum Gasteiger partial charge on any atom is -0.384 e. The third-order valence-corrected chi connectivity index (χ3v) is 4.04. The third kappa shape index (κ3) is 2.91. The van der Waals surface area contributed by atoms with Crippen LogP contribution in [0.4, 0.5) is 5.69 Å². The number of nitrogens with zero attached hydrogens (tertiary/aromatic N) is 1. The summed E-state index contributed by atoms with van der Waals surface area (Å²) < 4.78 is 0.952. The van der Waals surface area contributed by atoms with Crippen LogP contribution in [0.25, 0.3) is 0 Å². The highest BCUT2D eigenvalue weighted by Crippen LogP contribution is 2.27. The molecule has 0 saturated heterocycles. The van der Waals surface area contributed by atoms with Gasteiger partial charge < -0.3 is 10.6 Å². The summed E-state index contributed by atoms with van der Waals surface area (Å²) in [5.41, 5.74) is 8.59. The number of amidine groups is 1. The molecular weight excluding hydrogens is 310 g/mol. The van der Waals surface area contributed by atoms with Crippen molar-refractivity contribution >= 4 is 38.8 Å². The molecule has 0 bridgehead atoms. The summed E-state index contributed by atoms with van der Waals surface area (Å²) in [5.74, 6) is 0.0859. The van der Waals surface area contributed by atoms with Crippen molar-refractivity contribution in [3.05, 3.63) is 50.6 Å². The van der Waals surface area contributed by atoms with Crippen LogP contribution < -0.4 is 10.6 Å². The van der Waals surface area contributed by atoms with E-state index in [1.807, 2.05) is 25.2 Å². The zero-order valence-electron chi connectivity index (χ0n) is 9.98. The predicted octanol–water partition coefficient (Wildman–Crippen LogP) is 3.43. The first-order valence-electron chi connectivity index (χ1n) is 5.44. The minimum absolute atomic E-state index is 0.0859. The molecule has 0 aliphatic carbocycles. The van der Waals surface area contributed by atoms with Crippen LogP contribution in [0.15, 0.2) is 39.5 Å². The number of thiophene rings is 1. The van der Waals surface area contributed by atoms with Crippen LogP contribution >= 0.6 is 27.3 Å². The van der Waals surface area contributed by atoms with Crippen molar-refractivity contribution in [2.45, 2.75) is 6.54 Å². The quantitative estimate of drug-likeness (QED) is 0.669. The van der Waals surface area contributed by atoms with E-state index in [-0.39, 0.29) is 5.84 Å². The summed E-state index contributed by atoms with van der Waals surface area (Å²) in [5, 5.41) is 11.6. The summed E-state index contributed by atoms with van der Waals surface area (Å²) in [4.78, 5) is 2.16. The molecule has 3 nitrogen and oxygen atoms in total. The van der Waals surface area contributed by atoms with E-state index in [9.17, 15) is 0 Å². The average molecular weight is 324 g/mol. The van der Waals surface area contributed by atoms with Gasteiger partial charge in [-0.2, -0.15) is 11.3 Å². The molecule has 3 N–H and O–H groups in total. The number of anilines is 1. The molecule has 0 amide bonds. The molecule has 18 heavy (non-hydrogen) atoms. The van der Waals surface area contributed by atoms with Crippen molar-refractivity contribution in [2.24, 2.45) is 5.73 Å². The van der Waals surface area contributed by atoms with E-state index in [1.165, 1.54) is 5.56 Å². The van der Waals surface area contributed by atoms with E-state index in [1.54, 1.807) is 11.3 Å². The summed E-state index contributed by atoms with van der Waals surface area (Å²) in [6.45, 7) is 0.863. The Kier molecular flexibility index (Phi) is 4.04. The highest BCUT2D eigenvalue weighted by atomic mass is 79.9. The van der Waals surface area contributed by atoms with E-state index in [0.29, 0.717) is 0 Å². The van der Waals surface area contributed by atoms with Gasteiger partial charge in [0.2, 0.25) is 0 Å². The molecule has 1 heterocycles. The van der Waals surface area contributed by atoms with Gasteiger partial charge in [-0.3, -0.25) is 5.41 Å². The SMILES string of the molecule is CN(Cc1ccsc1)c1ccc(C(=N)N)cc1Br. The van der Waals surface area contributed by atoms with Crippen molar-refractivity contribution in [2.75, 3.05) is 11.9 Å². The van der Waals surface area contributed by atoms with Crippen molar-refractivity contribution in [1.82, 2.24) is 0 Å². The van der Waals surface area contributed by atoms with Crippen molar-refractivity contribution < 1.29 is 0 Å². The maximum absolute atomic E-state index is 7.41. The molecule has 0 unspecified atom stereocenters. The van der Waals surface area contributed by atoms with Gasteiger partial charge in [0.15, 0.2) is 0 Å². The summed E-state index contributed by atoms with van der Waals surface area (Å²) in [6.07, 6.45) is 0. The fourth-order valence-corrected chi connectivity index (χ4v) is 3.07. The fraction of sp³-hybridized carbons (Fsp3) is 0.154. The Hall–Kier alpha value is -1.33. The van der Waals surface area contributed by atoms with Crippen molar-refractivity contribution in [3.63, 3.8) is 0 Å². The van der Waals surface area contributed by atoms with Crippen LogP contribution in [-0.4, -0.2) is 12.9 Å². The van der Waals surface area contributed by atoms with Crippen molar-refractivity contribution in [3.8, 4) is 0 Å². The summed E-state index contributed by atoms with van der Waals surface area (Å²) >= 11 is 5.23. The largest absolute Gasteiger partial charge is 0.384 e. The molecular formula is C13H14BrN3S. The van der Waals surface area contributed by atoms with E-state index in [4.69, 9.17) is 11.1 Å². The highest BCUT2D eigenvalue weighted by Gasteiger charge is 2.08. The number of nitrogen functional groups attached to an aromatic ring is 1. The van der Waals surface area contributed by atoms with Crippen LogP contribution in [0.3, 0.4) is 0 Å². The van der Waals surface area contributed by atoms with Gasteiger partial charge >= 0.3 is 0 Å². The number of halogens is 1. The molecule has 0 spiro atoms. The molecule has 0 fully saturated rings. The Morgan fingerprint density at radius 2 is 2.22 bits per heavy atom. The smallest absolute Gasteiger partial charge is 0.122 e. The molecule has 1 aromatic heterocycles. The van der Waals surface area contributed by atoms with Gasteiger partial charge in [0.25, 0.3) is 0 Å². The normalized spacial score (nSPS) is 10.3. The number of nitrogens with two attached hydrogens (primary N) is 1. The second-order valence-corrected chi connectivity index (χ2v) is 5.70. The molecule has 0 aliphatic rings. The lowest BCUT2D eigenvalue weighted by Gasteiger charge is -2.20. The zero-order chi connectivity index (χ0) is 13.1. The number of benzene rings is 1. The van der Waals surface area contributed by atoms with Gasteiger partial charge in [-0.05, 0) is 56.5 Å². The Labute approximate surface area is 119 Å². The third-order valence-electron chi connectivity index (χ3n) is 2.67. The summed E-state index contributed by atoms with van der Waals surface area (Å²) in [7, 11) is 2.05. The maximum atomic E-state index is 7.41. The minimum atomic E-state index is 0.0859. The molecule has 2 aromatic rings. The Morgan fingerprint density at radius 1 is 1.44 bits per heavy atom. The van der Waals surface area contributed by atoms with Crippen LogP contribution in [0.5, 0.6) is 0 Å². The number of nitrogens with one attached hydrogen (secondary N) is 1. The lowest BCUT2D eigenvalue weighted by molar-refractivity contribution is 0.924. The van der Waals surface area contributed by atoms with Crippen LogP contribution in [0.2, 0.25) is 0 Å². The number of rotatable bonds is 4. The molecule has 0 radical (unpaired) electrons. The number of hydrogen-bond donors (Lipinski definition) is 2. The first-order chi connectivity index (χ1) is 8.58. The van der Waals surface area contributed by atoms with Crippen LogP contribution in [0.1, 0.15) is 11.1 Å². The highest BCUT2D eigenvalue weighted by molar-refractivity contribution is 9.10. The Bertz CT molecular complexity index is 551. The lowest BCUT2D eigenvalue weighted by Crippen LogP contribution is -2.17. The van der Waals surface area contributed by atoms with Gasteiger partial charge in [0.1, 0.15) is 5.84 Å². The van der Waals surface area contributed by atoms with Gasteiger partial charge in [0.05, 0.1) is 5.69 Å². The fourth-order valence-electron chi connectivity index (χ4n) is 1.73. The van der Waals surface area contributed by atoms with Gasteiger partial charge in [-0.15, -0.1) is 0 Å². The second-order valence-electron chi connectivity index (χ2n) is 4.07. The van der Waals surface area contributed by atoms with E-state index >= 15 is 0 Å². The molecule has 0 saturated carbocycles. The zero-order valence-corrected chi connectivity index (χ0v) is 12.4. The standard InChI is InChI=1S/C13H14BrN3S/c1-17(7-9-4-5-18-8-9)12-3-2-10(13(15)16)6-11(12)14/h2-6,8H,7H2,1H3,(H3,15,16). The first-order valence-corrected chi connectivity index (χ1v) is 7.17. The van der Waals surface area contributed by atoms with E-state index in [0.717, 1.165) is 22.3 Å². The molecule has 1 aromatic carbocycles. The van der Waals surface area contributed by atoms with Crippen LogP contribution in [-0.2, 0) is 6.54 Å². The van der Waals surface area contributed by atoms with Gasteiger partial charge in [0, 0.05) is 23.6 Å².